The van der Waals surface area contributed by atoms with Gasteiger partial charge >= 0.3 is 0 Å². The molecule has 1 N–H and O–H groups in total. The molecule has 2 fully saturated rings. The van der Waals surface area contributed by atoms with Gasteiger partial charge in [-0.25, -0.2) is 0 Å². The molecule has 1 aliphatic heterocycles. The molecule has 17 heavy (non-hydrogen) atoms. The van der Waals surface area contributed by atoms with Crippen molar-refractivity contribution in [1.82, 2.24) is 4.90 Å². The molecule has 0 spiro atoms. The number of hydrogen-bond acceptors (Lipinski definition) is 2. The molecule has 1 saturated carbocycles. The second-order valence-electron chi connectivity index (χ2n) is 5.47. The van der Waals surface area contributed by atoms with Crippen molar-refractivity contribution in [2.45, 2.75) is 37.8 Å². The van der Waals surface area contributed by atoms with E-state index in [4.69, 9.17) is 0 Å². The van der Waals surface area contributed by atoms with E-state index in [9.17, 15) is 5.11 Å². The highest BCUT2D eigenvalue weighted by atomic mass is 16.3. The number of aliphatic hydroxyl groups excluding tert-OH is 1. The SMILES string of the molecule is O[C@H](CN1CC[C@H]2CCC[C@H]21)c1ccccc1. The summed E-state index contributed by atoms with van der Waals surface area (Å²) >= 11 is 0. The Kier molecular flexibility index (Phi) is 3.17. The molecular weight excluding hydrogens is 210 g/mol. The zero-order chi connectivity index (χ0) is 11.7. The number of β-amino-alcohol motifs (C(OH)–C–C–N with tert-alkyl or cyclic N) is 1. The van der Waals surface area contributed by atoms with Gasteiger partial charge in [-0.15, -0.1) is 0 Å². The summed E-state index contributed by atoms with van der Waals surface area (Å²) < 4.78 is 0. The van der Waals surface area contributed by atoms with Crippen LogP contribution in [0.5, 0.6) is 0 Å². The molecule has 2 nitrogen and oxygen atoms in total. The Hall–Kier alpha value is -0.860. The Bertz CT molecular complexity index is 364. The topological polar surface area (TPSA) is 23.5 Å². The number of fused-ring (bicyclic) bond motifs is 1. The average Bonchev–Trinajstić information content (AvgIpc) is 2.95. The van der Waals surface area contributed by atoms with Gasteiger partial charge in [0.1, 0.15) is 0 Å². The maximum atomic E-state index is 10.3. The minimum Gasteiger partial charge on any atom is -0.387 e. The Morgan fingerprint density at radius 1 is 1.18 bits per heavy atom. The lowest BCUT2D eigenvalue weighted by molar-refractivity contribution is 0.103. The molecule has 1 saturated heterocycles. The molecule has 1 aliphatic carbocycles. The molecule has 2 aliphatic rings. The number of nitrogens with zero attached hydrogens (tertiary/aromatic N) is 1. The molecule has 0 unspecified atom stereocenters. The molecule has 1 aromatic rings. The Labute approximate surface area is 103 Å². The summed E-state index contributed by atoms with van der Waals surface area (Å²) in [7, 11) is 0. The van der Waals surface area contributed by atoms with E-state index in [0.717, 1.165) is 24.1 Å². The first kappa shape index (κ1) is 11.2. The van der Waals surface area contributed by atoms with Gasteiger partial charge in [0, 0.05) is 12.6 Å². The molecule has 0 radical (unpaired) electrons. The number of likely N-dealkylation sites (tertiary alicyclic amines) is 1. The van der Waals surface area contributed by atoms with E-state index in [2.05, 4.69) is 4.90 Å². The van der Waals surface area contributed by atoms with Crippen LogP contribution in [0.1, 0.15) is 37.4 Å². The van der Waals surface area contributed by atoms with Crippen molar-refractivity contribution in [1.29, 1.82) is 0 Å². The summed E-state index contributed by atoms with van der Waals surface area (Å²) in [6, 6.07) is 10.8. The third-order valence-electron chi connectivity index (χ3n) is 4.47. The first-order valence-corrected chi connectivity index (χ1v) is 6.81. The van der Waals surface area contributed by atoms with Crippen LogP contribution in [-0.4, -0.2) is 29.1 Å². The van der Waals surface area contributed by atoms with Crippen molar-refractivity contribution in [3.05, 3.63) is 35.9 Å². The quantitative estimate of drug-likeness (QED) is 0.864. The van der Waals surface area contributed by atoms with Crippen molar-refractivity contribution >= 4 is 0 Å². The first-order chi connectivity index (χ1) is 8.34. The molecule has 92 valence electrons. The van der Waals surface area contributed by atoms with Crippen LogP contribution in [0.3, 0.4) is 0 Å². The summed E-state index contributed by atoms with van der Waals surface area (Å²) in [6.07, 6.45) is 5.14. The number of hydrogen-bond donors (Lipinski definition) is 1. The monoisotopic (exact) mass is 231 g/mol. The minimum atomic E-state index is -0.324. The number of benzene rings is 1. The smallest absolute Gasteiger partial charge is 0.0917 e. The fourth-order valence-electron chi connectivity index (χ4n) is 3.56. The van der Waals surface area contributed by atoms with E-state index in [-0.39, 0.29) is 6.10 Å². The average molecular weight is 231 g/mol. The molecular formula is C15H21NO. The van der Waals surface area contributed by atoms with E-state index in [1.54, 1.807) is 0 Å². The molecule has 1 heterocycles. The highest BCUT2D eigenvalue weighted by Crippen LogP contribution is 2.38. The van der Waals surface area contributed by atoms with Gasteiger partial charge in [0.05, 0.1) is 6.10 Å². The molecule has 0 aromatic heterocycles. The fraction of sp³-hybridized carbons (Fsp3) is 0.600. The third kappa shape index (κ3) is 2.24. The molecule has 2 heteroatoms. The molecule has 3 atom stereocenters. The van der Waals surface area contributed by atoms with E-state index in [1.165, 1.54) is 32.2 Å². The van der Waals surface area contributed by atoms with Crippen molar-refractivity contribution in [3.8, 4) is 0 Å². The first-order valence-electron chi connectivity index (χ1n) is 6.81. The number of aliphatic hydroxyl groups is 1. The van der Waals surface area contributed by atoms with Crippen LogP contribution in [-0.2, 0) is 0 Å². The fourth-order valence-corrected chi connectivity index (χ4v) is 3.56. The standard InChI is InChI=1S/C15H21NO/c17-15(13-5-2-1-3-6-13)11-16-10-9-12-7-4-8-14(12)16/h1-3,5-6,12,14-15,17H,4,7-11H2/t12-,14-,15-/m1/s1. The Morgan fingerprint density at radius 2 is 2.00 bits per heavy atom. The van der Waals surface area contributed by atoms with Crippen molar-refractivity contribution in [2.24, 2.45) is 5.92 Å². The third-order valence-corrected chi connectivity index (χ3v) is 4.47. The highest BCUT2D eigenvalue weighted by Gasteiger charge is 2.37. The van der Waals surface area contributed by atoms with Gasteiger partial charge in [-0.3, -0.25) is 4.90 Å². The second-order valence-corrected chi connectivity index (χ2v) is 5.47. The van der Waals surface area contributed by atoms with Crippen molar-refractivity contribution in [3.63, 3.8) is 0 Å². The predicted molar refractivity (Wildman–Crippen MR) is 68.7 cm³/mol. The van der Waals surface area contributed by atoms with Gasteiger partial charge in [0.2, 0.25) is 0 Å². The lowest BCUT2D eigenvalue weighted by atomic mass is 10.0. The minimum absolute atomic E-state index is 0.324. The van der Waals surface area contributed by atoms with Crippen LogP contribution in [0, 0.1) is 5.92 Å². The van der Waals surface area contributed by atoms with Crippen molar-refractivity contribution in [2.75, 3.05) is 13.1 Å². The van der Waals surface area contributed by atoms with Crippen LogP contribution in [0.25, 0.3) is 0 Å². The van der Waals surface area contributed by atoms with E-state index in [1.807, 2.05) is 30.3 Å². The summed E-state index contributed by atoms with van der Waals surface area (Å²) in [5.74, 6) is 0.915. The number of rotatable bonds is 3. The molecule has 0 amide bonds. The lowest BCUT2D eigenvalue weighted by Gasteiger charge is -2.26. The van der Waals surface area contributed by atoms with Crippen LogP contribution in [0.15, 0.2) is 30.3 Å². The van der Waals surface area contributed by atoms with Crippen LogP contribution < -0.4 is 0 Å². The maximum absolute atomic E-state index is 10.3. The lowest BCUT2D eigenvalue weighted by Crippen LogP contribution is -2.33. The largest absolute Gasteiger partial charge is 0.387 e. The summed E-state index contributed by atoms with van der Waals surface area (Å²) in [5.41, 5.74) is 1.05. The predicted octanol–water partition coefficient (Wildman–Crippen LogP) is 2.59. The van der Waals surface area contributed by atoms with Crippen molar-refractivity contribution < 1.29 is 5.11 Å². The van der Waals surface area contributed by atoms with Gasteiger partial charge in [-0.05, 0) is 37.3 Å². The van der Waals surface area contributed by atoms with E-state index >= 15 is 0 Å². The van der Waals surface area contributed by atoms with Gasteiger partial charge in [-0.2, -0.15) is 0 Å². The molecule has 1 aromatic carbocycles. The maximum Gasteiger partial charge on any atom is 0.0917 e. The van der Waals surface area contributed by atoms with Crippen LogP contribution in [0.4, 0.5) is 0 Å². The van der Waals surface area contributed by atoms with Crippen LogP contribution >= 0.6 is 0 Å². The Balaban J connectivity index is 1.64. The van der Waals surface area contributed by atoms with Gasteiger partial charge in [-0.1, -0.05) is 36.8 Å². The van der Waals surface area contributed by atoms with Gasteiger partial charge in [0.25, 0.3) is 0 Å². The Morgan fingerprint density at radius 3 is 2.82 bits per heavy atom. The second kappa shape index (κ2) is 4.79. The highest BCUT2D eigenvalue weighted by molar-refractivity contribution is 5.17. The molecule has 0 bridgehead atoms. The van der Waals surface area contributed by atoms with Crippen LogP contribution in [0.2, 0.25) is 0 Å². The summed E-state index contributed by atoms with van der Waals surface area (Å²) in [6.45, 7) is 1.99. The van der Waals surface area contributed by atoms with Gasteiger partial charge in [0.15, 0.2) is 0 Å². The van der Waals surface area contributed by atoms with E-state index in [0.29, 0.717) is 0 Å². The normalized spacial score (nSPS) is 30.4. The summed E-state index contributed by atoms with van der Waals surface area (Å²) in [4.78, 5) is 2.51. The zero-order valence-corrected chi connectivity index (χ0v) is 10.3. The summed E-state index contributed by atoms with van der Waals surface area (Å²) in [5, 5.41) is 10.3. The van der Waals surface area contributed by atoms with Gasteiger partial charge < -0.3 is 5.11 Å². The van der Waals surface area contributed by atoms with E-state index < -0.39 is 0 Å². The zero-order valence-electron chi connectivity index (χ0n) is 10.3. The molecule has 3 rings (SSSR count).